The summed E-state index contributed by atoms with van der Waals surface area (Å²) >= 11 is 0. The molecule has 1 aliphatic rings. The van der Waals surface area contributed by atoms with Gasteiger partial charge >= 0.3 is 29.8 Å². The Morgan fingerprint density at radius 2 is 0.762 bits per heavy atom. The van der Waals surface area contributed by atoms with Crippen LogP contribution in [0.2, 0.25) is 0 Å². The van der Waals surface area contributed by atoms with Gasteiger partial charge < -0.3 is 28.4 Å². The van der Waals surface area contributed by atoms with Gasteiger partial charge in [0.25, 0.3) is 0 Å². The molecule has 0 aliphatic carbocycles. The van der Waals surface area contributed by atoms with E-state index in [4.69, 9.17) is 28.4 Å². The van der Waals surface area contributed by atoms with Crippen LogP contribution >= 0.6 is 0 Å². The normalized spacial score (nSPS) is 23.8. The molecule has 0 saturated carbocycles. The van der Waals surface area contributed by atoms with Crippen molar-refractivity contribution < 1.29 is 52.4 Å². The SMILES string of the molecule is CC(C)(C)C(=O)OC[C@H]1OC(OC(=O)C(C)(C)C)[C@H](OC(=O)C(C)(C)C)[C@@H](OC(=O)C(C)(C)C)[C@H]1OC(=O)C(C)(C)C. The second kappa shape index (κ2) is 12.9. The maximum absolute atomic E-state index is 13.2. The predicted octanol–water partition coefficient (Wildman–Crippen LogP) is 4.76. The van der Waals surface area contributed by atoms with Gasteiger partial charge in [0.05, 0.1) is 27.1 Å². The summed E-state index contributed by atoms with van der Waals surface area (Å²) in [4.78, 5) is 65.3. The number of ether oxygens (including phenoxy) is 6. The molecule has 0 spiro atoms. The lowest BCUT2D eigenvalue weighted by Crippen LogP contribution is -2.64. The molecule has 5 atom stereocenters. The van der Waals surface area contributed by atoms with E-state index in [1.54, 1.807) is 104 Å². The monoisotopic (exact) mass is 600 g/mol. The largest absolute Gasteiger partial charge is 0.462 e. The standard InChI is InChI=1S/C31H52O11/c1-27(2,3)22(32)37-16-17-18(39-23(33)28(4,5)6)19(40-24(34)29(7,8)9)20(41-25(35)30(10,11)12)21(38-17)42-26(36)31(13,14)15/h17-21H,16H2,1-15H3/t17-,18+,19+,20-,21?/m1/s1. The van der Waals surface area contributed by atoms with Crippen LogP contribution in [0, 0.1) is 27.1 Å². The van der Waals surface area contributed by atoms with Gasteiger partial charge in [-0.1, -0.05) is 0 Å². The molecule has 0 aromatic heterocycles. The zero-order valence-corrected chi connectivity index (χ0v) is 28.1. The molecule has 1 aliphatic heterocycles. The summed E-state index contributed by atoms with van der Waals surface area (Å²) in [6, 6.07) is 0. The summed E-state index contributed by atoms with van der Waals surface area (Å²) in [5.41, 5.74) is -4.86. The van der Waals surface area contributed by atoms with Crippen molar-refractivity contribution in [2.24, 2.45) is 27.1 Å². The van der Waals surface area contributed by atoms with Gasteiger partial charge in [-0.25, -0.2) is 0 Å². The van der Waals surface area contributed by atoms with Crippen LogP contribution in [0.15, 0.2) is 0 Å². The van der Waals surface area contributed by atoms with Crippen LogP contribution in [0.3, 0.4) is 0 Å². The summed E-state index contributed by atoms with van der Waals surface area (Å²) in [5.74, 6) is -3.34. The molecule has 1 saturated heterocycles. The van der Waals surface area contributed by atoms with Crippen molar-refractivity contribution in [2.75, 3.05) is 6.61 Å². The van der Waals surface area contributed by atoms with Gasteiger partial charge in [0.15, 0.2) is 12.2 Å². The van der Waals surface area contributed by atoms with E-state index in [9.17, 15) is 24.0 Å². The Morgan fingerprint density at radius 1 is 0.452 bits per heavy atom. The zero-order chi connectivity index (χ0) is 33.2. The van der Waals surface area contributed by atoms with E-state index in [2.05, 4.69) is 0 Å². The molecule has 0 aromatic carbocycles. The molecule has 0 aromatic rings. The van der Waals surface area contributed by atoms with Crippen molar-refractivity contribution in [3.05, 3.63) is 0 Å². The lowest BCUT2D eigenvalue weighted by Gasteiger charge is -2.45. The second-order valence-corrected chi connectivity index (χ2v) is 15.9. The molecule has 0 amide bonds. The number of hydrogen-bond donors (Lipinski definition) is 0. The van der Waals surface area contributed by atoms with E-state index in [-0.39, 0.29) is 0 Å². The van der Waals surface area contributed by atoms with Crippen molar-refractivity contribution in [3.63, 3.8) is 0 Å². The fourth-order valence-electron chi connectivity index (χ4n) is 3.07. The Kier molecular flexibility index (Phi) is 11.5. The third kappa shape index (κ3) is 10.5. The molecular weight excluding hydrogens is 548 g/mol. The first-order valence-electron chi connectivity index (χ1n) is 14.2. The molecule has 11 heteroatoms. The molecule has 0 radical (unpaired) electrons. The van der Waals surface area contributed by atoms with E-state index < -0.39 is 94.2 Å². The van der Waals surface area contributed by atoms with Crippen molar-refractivity contribution >= 4 is 29.8 Å². The first-order valence-corrected chi connectivity index (χ1v) is 14.2. The Morgan fingerprint density at radius 3 is 1.12 bits per heavy atom. The third-order valence-electron chi connectivity index (χ3n) is 5.98. The van der Waals surface area contributed by atoms with Crippen LogP contribution in [-0.2, 0) is 52.4 Å². The van der Waals surface area contributed by atoms with Gasteiger partial charge in [0.2, 0.25) is 12.4 Å². The first-order chi connectivity index (χ1) is 18.6. The number of rotatable bonds is 6. The van der Waals surface area contributed by atoms with Gasteiger partial charge in [-0.3, -0.25) is 24.0 Å². The highest BCUT2D eigenvalue weighted by Gasteiger charge is 2.56. The Hall–Kier alpha value is -2.69. The van der Waals surface area contributed by atoms with Crippen LogP contribution in [-0.4, -0.2) is 67.2 Å². The van der Waals surface area contributed by atoms with E-state index in [0.29, 0.717) is 0 Å². The number of carbonyl (C=O) groups excluding carboxylic acids is 5. The maximum Gasteiger partial charge on any atom is 0.313 e. The van der Waals surface area contributed by atoms with Gasteiger partial charge in [-0.15, -0.1) is 0 Å². The lowest BCUT2D eigenvalue weighted by molar-refractivity contribution is -0.306. The molecular formula is C31H52O11. The summed E-state index contributed by atoms with van der Waals surface area (Å²) in [6.07, 6.45) is -7.27. The average Bonchev–Trinajstić information content (AvgIpc) is 2.77. The highest BCUT2D eigenvalue weighted by atomic mass is 16.7. The fraction of sp³-hybridized carbons (Fsp3) is 0.839. The third-order valence-corrected chi connectivity index (χ3v) is 5.98. The van der Waals surface area contributed by atoms with Gasteiger partial charge in [0, 0.05) is 0 Å². The van der Waals surface area contributed by atoms with Crippen LogP contribution in [0.1, 0.15) is 104 Å². The summed E-state index contributed by atoms with van der Waals surface area (Å²) < 4.78 is 34.9. The summed E-state index contributed by atoms with van der Waals surface area (Å²) in [6.45, 7) is 24.1. The quantitative estimate of drug-likeness (QED) is 0.308. The van der Waals surface area contributed by atoms with Crippen LogP contribution in [0.25, 0.3) is 0 Å². The maximum atomic E-state index is 13.2. The molecule has 0 bridgehead atoms. The van der Waals surface area contributed by atoms with Crippen molar-refractivity contribution in [1.29, 1.82) is 0 Å². The molecule has 242 valence electrons. The molecule has 0 N–H and O–H groups in total. The molecule has 11 nitrogen and oxygen atoms in total. The molecule has 1 rings (SSSR count). The van der Waals surface area contributed by atoms with E-state index in [1.165, 1.54) is 0 Å². The minimum absolute atomic E-state index is 0.439. The minimum Gasteiger partial charge on any atom is -0.462 e. The average molecular weight is 601 g/mol. The number of carbonyl (C=O) groups is 5. The van der Waals surface area contributed by atoms with Crippen LogP contribution in [0.5, 0.6) is 0 Å². The van der Waals surface area contributed by atoms with E-state index in [1.807, 2.05) is 0 Å². The number of esters is 5. The van der Waals surface area contributed by atoms with Crippen LogP contribution in [0.4, 0.5) is 0 Å². The second-order valence-electron chi connectivity index (χ2n) is 15.9. The molecule has 1 unspecified atom stereocenters. The number of hydrogen-bond acceptors (Lipinski definition) is 11. The van der Waals surface area contributed by atoms with E-state index >= 15 is 0 Å². The summed E-state index contributed by atoms with van der Waals surface area (Å²) in [7, 11) is 0. The Balaban J connectivity index is 3.82. The van der Waals surface area contributed by atoms with Crippen molar-refractivity contribution in [2.45, 2.75) is 135 Å². The van der Waals surface area contributed by atoms with Crippen molar-refractivity contribution in [3.8, 4) is 0 Å². The van der Waals surface area contributed by atoms with Gasteiger partial charge in [0.1, 0.15) is 12.7 Å². The Labute approximate surface area is 250 Å². The smallest absolute Gasteiger partial charge is 0.313 e. The lowest BCUT2D eigenvalue weighted by atomic mass is 9.92. The van der Waals surface area contributed by atoms with Gasteiger partial charge in [-0.05, 0) is 104 Å². The van der Waals surface area contributed by atoms with E-state index in [0.717, 1.165) is 0 Å². The fourth-order valence-corrected chi connectivity index (χ4v) is 3.07. The highest BCUT2D eigenvalue weighted by molar-refractivity contribution is 5.78. The van der Waals surface area contributed by atoms with Crippen LogP contribution < -0.4 is 0 Å². The Bertz CT molecular complexity index is 1010. The van der Waals surface area contributed by atoms with Gasteiger partial charge in [-0.2, -0.15) is 0 Å². The molecule has 42 heavy (non-hydrogen) atoms. The molecule has 1 heterocycles. The molecule has 1 fully saturated rings. The first kappa shape index (κ1) is 37.3. The zero-order valence-electron chi connectivity index (χ0n) is 28.1. The topological polar surface area (TPSA) is 141 Å². The predicted molar refractivity (Wildman–Crippen MR) is 153 cm³/mol. The van der Waals surface area contributed by atoms with Crippen molar-refractivity contribution in [1.82, 2.24) is 0 Å². The highest BCUT2D eigenvalue weighted by Crippen LogP contribution is 2.35. The minimum atomic E-state index is -1.59. The summed E-state index contributed by atoms with van der Waals surface area (Å²) in [5, 5.41) is 0.